The van der Waals surface area contributed by atoms with Gasteiger partial charge in [-0.1, -0.05) is 6.07 Å². The Morgan fingerprint density at radius 2 is 2.31 bits per heavy atom. The molecule has 66 valence electrons. The van der Waals surface area contributed by atoms with Crippen LogP contribution in [-0.4, -0.2) is 14.3 Å². The normalized spacial score (nSPS) is 10.3. The van der Waals surface area contributed by atoms with Crippen LogP contribution in [0.3, 0.4) is 0 Å². The molecule has 2 heterocycles. The van der Waals surface area contributed by atoms with Crippen molar-refractivity contribution in [2.75, 3.05) is 0 Å². The molecule has 2 rings (SSSR count). The SMILES string of the molecule is Cc1cccnc1-c1nc(I)ns1. The van der Waals surface area contributed by atoms with Gasteiger partial charge in [-0.05, 0) is 30.1 Å². The summed E-state index contributed by atoms with van der Waals surface area (Å²) in [5, 5.41) is 0.891. The third kappa shape index (κ3) is 1.86. The smallest absolute Gasteiger partial charge is 0.203 e. The lowest BCUT2D eigenvalue weighted by atomic mass is 10.2. The summed E-state index contributed by atoms with van der Waals surface area (Å²) in [4.78, 5) is 8.54. The Hall–Kier alpha value is -0.560. The monoisotopic (exact) mass is 303 g/mol. The Morgan fingerprint density at radius 1 is 1.46 bits per heavy atom. The molecule has 5 heteroatoms. The van der Waals surface area contributed by atoms with E-state index >= 15 is 0 Å². The van der Waals surface area contributed by atoms with Gasteiger partial charge in [-0.3, -0.25) is 4.98 Å². The van der Waals surface area contributed by atoms with Gasteiger partial charge in [0.2, 0.25) is 3.83 Å². The van der Waals surface area contributed by atoms with E-state index in [0.717, 1.165) is 20.1 Å². The van der Waals surface area contributed by atoms with E-state index in [0.29, 0.717) is 0 Å². The minimum atomic E-state index is 0.780. The molecular weight excluding hydrogens is 297 g/mol. The van der Waals surface area contributed by atoms with Gasteiger partial charge >= 0.3 is 0 Å². The molecule has 0 aliphatic carbocycles. The van der Waals surface area contributed by atoms with Crippen molar-refractivity contribution >= 4 is 34.1 Å². The van der Waals surface area contributed by atoms with Crippen LogP contribution in [0.25, 0.3) is 10.7 Å². The zero-order chi connectivity index (χ0) is 9.26. The number of pyridine rings is 1. The lowest BCUT2D eigenvalue weighted by molar-refractivity contribution is 1.21. The fourth-order valence-electron chi connectivity index (χ4n) is 1.01. The summed E-state index contributed by atoms with van der Waals surface area (Å²) in [5.74, 6) is 0. The average Bonchev–Trinajstić information content (AvgIpc) is 2.53. The molecule has 0 saturated heterocycles. The van der Waals surface area contributed by atoms with Crippen molar-refractivity contribution in [3.63, 3.8) is 0 Å². The quantitative estimate of drug-likeness (QED) is 0.760. The Balaban J connectivity index is 2.52. The zero-order valence-corrected chi connectivity index (χ0v) is 9.83. The second-order valence-electron chi connectivity index (χ2n) is 2.54. The molecule has 2 aromatic heterocycles. The van der Waals surface area contributed by atoms with E-state index in [4.69, 9.17) is 0 Å². The topological polar surface area (TPSA) is 38.7 Å². The summed E-state index contributed by atoms with van der Waals surface area (Å²) < 4.78 is 4.89. The molecule has 13 heavy (non-hydrogen) atoms. The van der Waals surface area contributed by atoms with Gasteiger partial charge in [0.1, 0.15) is 5.69 Å². The summed E-state index contributed by atoms with van der Waals surface area (Å²) in [6, 6.07) is 3.95. The maximum Gasteiger partial charge on any atom is 0.203 e. The summed E-state index contributed by atoms with van der Waals surface area (Å²) >= 11 is 3.49. The van der Waals surface area contributed by atoms with Crippen LogP contribution in [0.4, 0.5) is 0 Å². The number of hydrogen-bond donors (Lipinski definition) is 0. The highest BCUT2D eigenvalue weighted by Gasteiger charge is 2.07. The van der Waals surface area contributed by atoms with Crippen LogP contribution in [0.5, 0.6) is 0 Å². The van der Waals surface area contributed by atoms with E-state index < -0.39 is 0 Å². The van der Waals surface area contributed by atoms with E-state index in [2.05, 4.69) is 36.9 Å². The molecule has 0 unspecified atom stereocenters. The maximum atomic E-state index is 4.27. The van der Waals surface area contributed by atoms with Crippen LogP contribution in [0.15, 0.2) is 18.3 Å². The van der Waals surface area contributed by atoms with E-state index in [1.54, 1.807) is 6.20 Å². The predicted molar refractivity (Wildman–Crippen MR) is 60.6 cm³/mol. The Labute approximate surface area is 93.6 Å². The Morgan fingerprint density at radius 3 is 2.92 bits per heavy atom. The first-order valence-electron chi connectivity index (χ1n) is 3.68. The summed E-state index contributed by atoms with van der Waals surface area (Å²) in [6.45, 7) is 2.02. The summed E-state index contributed by atoms with van der Waals surface area (Å²) in [5.41, 5.74) is 2.07. The standard InChI is InChI=1S/C8H6IN3S/c1-5-3-2-4-10-6(5)7-11-8(9)12-13-7/h2-4H,1H3. The van der Waals surface area contributed by atoms with Crippen LogP contribution in [0, 0.1) is 10.8 Å². The molecule has 3 nitrogen and oxygen atoms in total. The lowest BCUT2D eigenvalue weighted by Crippen LogP contribution is -1.85. The van der Waals surface area contributed by atoms with Crippen molar-refractivity contribution in [3.05, 3.63) is 27.7 Å². The van der Waals surface area contributed by atoms with Gasteiger partial charge in [-0.2, -0.15) is 4.37 Å². The van der Waals surface area contributed by atoms with Crippen molar-refractivity contribution in [1.29, 1.82) is 0 Å². The van der Waals surface area contributed by atoms with Gasteiger partial charge in [-0.25, -0.2) is 4.98 Å². The van der Waals surface area contributed by atoms with Gasteiger partial charge < -0.3 is 0 Å². The van der Waals surface area contributed by atoms with E-state index in [9.17, 15) is 0 Å². The number of hydrogen-bond acceptors (Lipinski definition) is 4. The second kappa shape index (κ2) is 3.67. The molecule has 0 atom stereocenters. The van der Waals surface area contributed by atoms with Crippen LogP contribution in [-0.2, 0) is 0 Å². The van der Waals surface area contributed by atoms with Gasteiger partial charge in [0, 0.05) is 28.8 Å². The van der Waals surface area contributed by atoms with Crippen molar-refractivity contribution < 1.29 is 0 Å². The van der Waals surface area contributed by atoms with Crippen LogP contribution in [0.2, 0.25) is 0 Å². The molecule has 0 spiro atoms. The molecule has 0 N–H and O–H groups in total. The molecule has 0 fully saturated rings. The Bertz CT molecular complexity index is 427. The van der Waals surface area contributed by atoms with Crippen LogP contribution in [0.1, 0.15) is 5.56 Å². The predicted octanol–water partition coefficient (Wildman–Crippen LogP) is 2.51. The minimum Gasteiger partial charge on any atom is -0.253 e. The van der Waals surface area contributed by atoms with Gasteiger partial charge in [-0.15, -0.1) is 0 Å². The minimum absolute atomic E-state index is 0.780. The number of aryl methyl sites for hydroxylation is 1. The zero-order valence-electron chi connectivity index (χ0n) is 6.86. The lowest BCUT2D eigenvalue weighted by Gasteiger charge is -1.97. The largest absolute Gasteiger partial charge is 0.253 e. The number of nitrogens with zero attached hydrogens (tertiary/aromatic N) is 3. The van der Waals surface area contributed by atoms with E-state index in [1.165, 1.54) is 11.5 Å². The summed E-state index contributed by atoms with van der Waals surface area (Å²) in [7, 11) is 0. The molecule has 2 aromatic rings. The number of aromatic nitrogens is 3. The van der Waals surface area contributed by atoms with Crippen molar-refractivity contribution in [3.8, 4) is 10.7 Å². The van der Waals surface area contributed by atoms with Crippen LogP contribution >= 0.6 is 34.1 Å². The summed E-state index contributed by atoms with van der Waals surface area (Å²) in [6.07, 6.45) is 1.77. The number of rotatable bonds is 1. The maximum absolute atomic E-state index is 4.27. The van der Waals surface area contributed by atoms with Gasteiger partial charge in [0.25, 0.3) is 0 Å². The highest BCUT2D eigenvalue weighted by molar-refractivity contribution is 14.1. The first-order chi connectivity index (χ1) is 6.27. The molecule has 0 aliphatic rings. The second-order valence-corrected chi connectivity index (χ2v) is 4.25. The highest BCUT2D eigenvalue weighted by atomic mass is 127. The molecule has 0 aliphatic heterocycles. The highest BCUT2D eigenvalue weighted by Crippen LogP contribution is 2.22. The van der Waals surface area contributed by atoms with Crippen molar-refractivity contribution in [1.82, 2.24) is 14.3 Å². The fourth-order valence-corrected chi connectivity index (χ4v) is 2.34. The van der Waals surface area contributed by atoms with Gasteiger partial charge in [0.15, 0.2) is 5.01 Å². The van der Waals surface area contributed by atoms with Gasteiger partial charge in [0.05, 0.1) is 0 Å². The van der Waals surface area contributed by atoms with E-state index in [-0.39, 0.29) is 0 Å². The first kappa shape index (κ1) is 9.01. The molecule has 0 radical (unpaired) electrons. The fraction of sp³-hybridized carbons (Fsp3) is 0.125. The Kier molecular flexibility index (Phi) is 2.54. The molecule has 0 saturated carbocycles. The van der Waals surface area contributed by atoms with Crippen molar-refractivity contribution in [2.24, 2.45) is 0 Å². The van der Waals surface area contributed by atoms with E-state index in [1.807, 2.05) is 19.1 Å². The molecule has 0 aromatic carbocycles. The number of halogens is 1. The molecule has 0 amide bonds. The van der Waals surface area contributed by atoms with Crippen molar-refractivity contribution in [2.45, 2.75) is 6.92 Å². The van der Waals surface area contributed by atoms with Crippen LogP contribution < -0.4 is 0 Å². The average molecular weight is 303 g/mol. The molecule has 0 bridgehead atoms. The third-order valence-electron chi connectivity index (χ3n) is 1.61. The first-order valence-corrected chi connectivity index (χ1v) is 5.54. The third-order valence-corrected chi connectivity index (χ3v) is 3.14. The molecular formula is C8H6IN3S.